The average molecular weight is 254 g/mol. The predicted octanol–water partition coefficient (Wildman–Crippen LogP) is 1.63. The van der Waals surface area contributed by atoms with Crippen molar-refractivity contribution in [2.75, 3.05) is 20.1 Å². The molecule has 94 valence electrons. The number of carboxylic acid groups (broad SMARTS) is 1. The molecule has 1 fully saturated rings. The Balaban J connectivity index is 1.82. The molecular weight excluding hydrogens is 236 g/mol. The van der Waals surface area contributed by atoms with E-state index in [1.807, 2.05) is 0 Å². The molecule has 0 spiro atoms. The van der Waals surface area contributed by atoms with Crippen molar-refractivity contribution in [1.29, 1.82) is 0 Å². The van der Waals surface area contributed by atoms with Crippen LogP contribution in [0.3, 0.4) is 0 Å². The van der Waals surface area contributed by atoms with Crippen LogP contribution in [0, 0.1) is 0 Å². The van der Waals surface area contributed by atoms with Crippen LogP contribution < -0.4 is 5.32 Å². The quantitative estimate of drug-likeness (QED) is 0.857. The zero-order valence-corrected chi connectivity index (χ0v) is 10.8. The van der Waals surface area contributed by atoms with Gasteiger partial charge < -0.3 is 15.3 Å². The number of likely N-dealkylation sites (tertiary alicyclic amines) is 1. The van der Waals surface area contributed by atoms with Crippen LogP contribution in [0.25, 0.3) is 0 Å². The number of piperidine rings is 1. The van der Waals surface area contributed by atoms with Crippen molar-refractivity contribution in [3.05, 3.63) is 21.9 Å². The van der Waals surface area contributed by atoms with Gasteiger partial charge in [0.1, 0.15) is 0 Å². The highest BCUT2D eigenvalue weighted by atomic mass is 32.1. The Kier molecular flexibility index (Phi) is 4.15. The zero-order chi connectivity index (χ0) is 12.3. The van der Waals surface area contributed by atoms with Gasteiger partial charge >= 0.3 is 5.97 Å². The molecule has 2 rings (SSSR count). The number of thiophene rings is 1. The summed E-state index contributed by atoms with van der Waals surface area (Å²) >= 11 is 1.51. The maximum atomic E-state index is 10.7. The molecule has 2 N–H and O–H groups in total. The molecule has 1 aromatic heterocycles. The van der Waals surface area contributed by atoms with Crippen molar-refractivity contribution in [3.63, 3.8) is 0 Å². The molecule has 1 unspecified atom stereocenters. The molecule has 5 heteroatoms. The van der Waals surface area contributed by atoms with Crippen LogP contribution in [0.15, 0.2) is 11.4 Å². The van der Waals surface area contributed by atoms with E-state index >= 15 is 0 Å². The van der Waals surface area contributed by atoms with Gasteiger partial charge in [0, 0.05) is 29.4 Å². The number of nitrogens with one attached hydrogen (secondary N) is 1. The fourth-order valence-electron chi connectivity index (χ4n) is 2.16. The van der Waals surface area contributed by atoms with Gasteiger partial charge in [0.25, 0.3) is 0 Å². The van der Waals surface area contributed by atoms with E-state index in [0.717, 1.165) is 18.0 Å². The summed E-state index contributed by atoms with van der Waals surface area (Å²) in [6.07, 6.45) is 2.44. The van der Waals surface area contributed by atoms with Gasteiger partial charge in [0.15, 0.2) is 0 Å². The summed E-state index contributed by atoms with van der Waals surface area (Å²) in [5, 5.41) is 14.0. The Bertz CT molecular complexity index is 392. The first-order valence-corrected chi connectivity index (χ1v) is 6.76. The van der Waals surface area contributed by atoms with Crippen LogP contribution in [0.4, 0.5) is 0 Å². The highest BCUT2D eigenvalue weighted by molar-refractivity contribution is 7.10. The Labute approximate surface area is 105 Å². The summed E-state index contributed by atoms with van der Waals surface area (Å²) in [6.45, 7) is 3.04. The smallest absolute Gasteiger partial charge is 0.336 e. The van der Waals surface area contributed by atoms with Crippen LogP contribution in [-0.4, -0.2) is 42.2 Å². The molecular formula is C12H18N2O2S. The van der Waals surface area contributed by atoms with Crippen molar-refractivity contribution in [2.45, 2.75) is 25.4 Å². The molecule has 0 radical (unpaired) electrons. The fourth-order valence-corrected chi connectivity index (χ4v) is 2.97. The minimum atomic E-state index is -0.843. The Hall–Kier alpha value is -0.910. The molecule has 1 aliphatic rings. The van der Waals surface area contributed by atoms with Crippen molar-refractivity contribution in [1.82, 2.24) is 10.2 Å². The number of carboxylic acids is 1. The van der Waals surface area contributed by atoms with Crippen molar-refractivity contribution >= 4 is 17.3 Å². The molecule has 0 aromatic carbocycles. The van der Waals surface area contributed by atoms with Gasteiger partial charge in [0.05, 0.1) is 5.56 Å². The topological polar surface area (TPSA) is 52.6 Å². The van der Waals surface area contributed by atoms with Gasteiger partial charge in [-0.25, -0.2) is 4.79 Å². The number of carbonyl (C=O) groups is 1. The molecule has 0 bridgehead atoms. The highest BCUT2D eigenvalue weighted by Gasteiger charge is 2.16. The van der Waals surface area contributed by atoms with Gasteiger partial charge in [-0.2, -0.15) is 0 Å². The third-order valence-corrected chi connectivity index (χ3v) is 4.03. The van der Waals surface area contributed by atoms with E-state index in [0.29, 0.717) is 11.6 Å². The molecule has 0 aliphatic carbocycles. The predicted molar refractivity (Wildman–Crippen MR) is 68.6 cm³/mol. The average Bonchev–Trinajstić information content (AvgIpc) is 2.75. The number of hydrogen-bond donors (Lipinski definition) is 2. The second-order valence-corrected chi connectivity index (χ2v) is 5.58. The molecule has 1 atom stereocenters. The molecule has 1 aromatic rings. The first kappa shape index (κ1) is 12.5. The van der Waals surface area contributed by atoms with E-state index in [4.69, 9.17) is 5.11 Å². The van der Waals surface area contributed by atoms with Crippen LogP contribution in [0.5, 0.6) is 0 Å². The lowest BCUT2D eigenvalue weighted by atomic mass is 10.1. The summed E-state index contributed by atoms with van der Waals surface area (Å²) in [5.74, 6) is -0.843. The SMILES string of the molecule is CN1CCCC(NCc2cc(C(=O)O)cs2)C1. The summed E-state index contributed by atoms with van der Waals surface area (Å²) in [7, 11) is 2.14. The first-order valence-electron chi connectivity index (χ1n) is 5.88. The van der Waals surface area contributed by atoms with E-state index < -0.39 is 5.97 Å². The van der Waals surface area contributed by atoms with Gasteiger partial charge in [-0.15, -0.1) is 11.3 Å². The van der Waals surface area contributed by atoms with Crippen LogP contribution in [-0.2, 0) is 6.54 Å². The highest BCUT2D eigenvalue weighted by Crippen LogP contribution is 2.15. The minimum Gasteiger partial charge on any atom is -0.478 e. The molecule has 4 nitrogen and oxygen atoms in total. The molecule has 2 heterocycles. The van der Waals surface area contributed by atoms with E-state index in [1.165, 1.54) is 30.7 Å². The van der Waals surface area contributed by atoms with Crippen LogP contribution in [0.2, 0.25) is 0 Å². The lowest BCUT2D eigenvalue weighted by molar-refractivity contribution is 0.0697. The van der Waals surface area contributed by atoms with Gasteiger partial charge in [0.2, 0.25) is 0 Å². The van der Waals surface area contributed by atoms with Crippen LogP contribution in [0.1, 0.15) is 28.1 Å². The molecule has 0 amide bonds. The van der Waals surface area contributed by atoms with E-state index in [-0.39, 0.29) is 0 Å². The van der Waals surface area contributed by atoms with Gasteiger partial charge in [-0.3, -0.25) is 0 Å². The number of hydrogen-bond acceptors (Lipinski definition) is 4. The lowest BCUT2D eigenvalue weighted by Gasteiger charge is -2.30. The lowest BCUT2D eigenvalue weighted by Crippen LogP contribution is -2.43. The maximum absolute atomic E-state index is 10.7. The van der Waals surface area contributed by atoms with Crippen LogP contribution >= 0.6 is 11.3 Å². The Morgan fingerprint density at radius 3 is 3.18 bits per heavy atom. The number of likely N-dealkylation sites (N-methyl/N-ethyl adjacent to an activating group) is 1. The molecule has 1 aliphatic heterocycles. The Morgan fingerprint density at radius 1 is 1.71 bits per heavy atom. The van der Waals surface area contributed by atoms with Gasteiger partial charge in [-0.05, 0) is 32.5 Å². The summed E-state index contributed by atoms with van der Waals surface area (Å²) < 4.78 is 0. The molecule has 1 saturated heterocycles. The third-order valence-electron chi connectivity index (χ3n) is 3.09. The number of aromatic carboxylic acids is 1. The standard InChI is InChI=1S/C12H18N2O2S/c1-14-4-2-3-10(7-14)13-6-11-5-9(8-17-11)12(15)16/h5,8,10,13H,2-4,6-7H2,1H3,(H,15,16). The fraction of sp³-hybridized carbons (Fsp3) is 0.583. The van der Waals surface area contributed by atoms with E-state index in [2.05, 4.69) is 17.3 Å². The second kappa shape index (κ2) is 5.62. The maximum Gasteiger partial charge on any atom is 0.336 e. The molecule has 0 saturated carbocycles. The normalized spacial score (nSPS) is 21.6. The Morgan fingerprint density at radius 2 is 2.53 bits per heavy atom. The monoisotopic (exact) mass is 254 g/mol. The van der Waals surface area contributed by atoms with Gasteiger partial charge in [-0.1, -0.05) is 0 Å². The van der Waals surface area contributed by atoms with E-state index in [9.17, 15) is 4.79 Å². The molecule has 17 heavy (non-hydrogen) atoms. The number of nitrogens with zero attached hydrogens (tertiary/aromatic N) is 1. The summed E-state index contributed by atoms with van der Waals surface area (Å²) in [5.41, 5.74) is 0.396. The first-order chi connectivity index (χ1) is 8.15. The largest absolute Gasteiger partial charge is 0.478 e. The third kappa shape index (κ3) is 3.52. The summed E-state index contributed by atoms with van der Waals surface area (Å²) in [4.78, 5) is 14.2. The number of rotatable bonds is 4. The van der Waals surface area contributed by atoms with Crippen molar-refractivity contribution in [2.24, 2.45) is 0 Å². The minimum absolute atomic E-state index is 0.396. The van der Waals surface area contributed by atoms with Crippen molar-refractivity contribution in [3.8, 4) is 0 Å². The summed E-state index contributed by atoms with van der Waals surface area (Å²) in [6, 6.07) is 2.29. The second-order valence-electron chi connectivity index (χ2n) is 4.59. The zero-order valence-electron chi connectivity index (χ0n) is 9.98. The van der Waals surface area contributed by atoms with Crippen molar-refractivity contribution < 1.29 is 9.90 Å². The van der Waals surface area contributed by atoms with E-state index in [1.54, 1.807) is 11.4 Å².